The van der Waals surface area contributed by atoms with Crippen molar-refractivity contribution in [2.24, 2.45) is 0 Å². The van der Waals surface area contributed by atoms with Crippen LogP contribution in [0, 0.1) is 6.92 Å². The summed E-state index contributed by atoms with van der Waals surface area (Å²) in [6.07, 6.45) is 1.02. The van der Waals surface area contributed by atoms with Gasteiger partial charge < -0.3 is 9.26 Å². The number of nitrogens with zero attached hydrogens (tertiary/aromatic N) is 2. The molecule has 3 rings (SSSR count). The van der Waals surface area contributed by atoms with Crippen molar-refractivity contribution in [1.82, 2.24) is 5.16 Å². The van der Waals surface area contributed by atoms with Crippen molar-refractivity contribution >= 4 is 17.6 Å². The molecule has 0 fully saturated rings. The Morgan fingerprint density at radius 3 is 2.83 bits per heavy atom. The summed E-state index contributed by atoms with van der Waals surface area (Å²) in [6.45, 7) is 3.61. The molecule has 0 spiro atoms. The topological polar surface area (TPSA) is 72.6 Å². The van der Waals surface area contributed by atoms with Crippen molar-refractivity contribution in [3.05, 3.63) is 46.8 Å². The molecule has 2 aromatic rings. The van der Waals surface area contributed by atoms with E-state index in [0.29, 0.717) is 29.9 Å². The number of carbonyl (C=O) groups excluding carboxylic acids is 2. The average molecular weight is 314 g/mol. The summed E-state index contributed by atoms with van der Waals surface area (Å²) in [7, 11) is 1.33. The van der Waals surface area contributed by atoms with E-state index in [9.17, 15) is 9.59 Å². The number of fused-ring (bicyclic) bond motifs is 1. The third-order valence-corrected chi connectivity index (χ3v) is 4.15. The SMILES string of the molecule is CCc1noc(C)c1C(=O)N1c2ccccc2CC1C(=O)OC. The second kappa shape index (κ2) is 5.87. The Morgan fingerprint density at radius 2 is 2.13 bits per heavy atom. The van der Waals surface area contributed by atoms with Crippen LogP contribution in [0.2, 0.25) is 0 Å². The average Bonchev–Trinajstić information content (AvgIpc) is 3.13. The van der Waals surface area contributed by atoms with E-state index in [2.05, 4.69) is 5.16 Å². The molecule has 0 bridgehead atoms. The number of para-hydroxylation sites is 1. The number of hydrogen-bond acceptors (Lipinski definition) is 5. The highest BCUT2D eigenvalue weighted by molar-refractivity contribution is 6.12. The lowest BCUT2D eigenvalue weighted by atomic mass is 10.1. The van der Waals surface area contributed by atoms with Crippen LogP contribution in [-0.4, -0.2) is 30.2 Å². The van der Waals surface area contributed by atoms with Gasteiger partial charge in [-0.25, -0.2) is 4.79 Å². The number of benzene rings is 1. The Bertz CT molecular complexity index is 766. The zero-order valence-corrected chi connectivity index (χ0v) is 13.3. The van der Waals surface area contributed by atoms with Crippen LogP contribution in [0.15, 0.2) is 28.8 Å². The summed E-state index contributed by atoms with van der Waals surface area (Å²) in [5, 5.41) is 3.93. The Hall–Kier alpha value is -2.63. The molecule has 0 radical (unpaired) electrons. The standard InChI is InChI=1S/C17H18N2O4/c1-4-12-15(10(2)23-18-12)16(20)19-13-8-6-5-7-11(13)9-14(19)17(21)22-3/h5-8,14H,4,9H2,1-3H3. The van der Waals surface area contributed by atoms with E-state index < -0.39 is 12.0 Å². The second-order valence-electron chi connectivity index (χ2n) is 5.46. The monoisotopic (exact) mass is 314 g/mol. The van der Waals surface area contributed by atoms with Crippen molar-refractivity contribution in [1.29, 1.82) is 0 Å². The Balaban J connectivity index is 2.08. The van der Waals surface area contributed by atoms with Crippen LogP contribution in [-0.2, 0) is 22.4 Å². The molecule has 6 heteroatoms. The minimum atomic E-state index is -0.663. The highest BCUT2D eigenvalue weighted by Gasteiger charge is 2.41. The molecule has 2 heterocycles. The number of amides is 1. The number of methoxy groups -OCH3 is 1. The van der Waals surface area contributed by atoms with Gasteiger partial charge in [0.25, 0.3) is 5.91 Å². The number of aryl methyl sites for hydroxylation is 2. The Morgan fingerprint density at radius 1 is 1.39 bits per heavy atom. The van der Waals surface area contributed by atoms with Gasteiger partial charge >= 0.3 is 5.97 Å². The summed E-state index contributed by atoms with van der Waals surface area (Å²) in [5.41, 5.74) is 2.71. The molecular weight excluding hydrogens is 296 g/mol. The van der Waals surface area contributed by atoms with E-state index in [1.54, 1.807) is 6.92 Å². The van der Waals surface area contributed by atoms with Gasteiger partial charge in [-0.05, 0) is 25.0 Å². The van der Waals surface area contributed by atoms with E-state index in [1.807, 2.05) is 31.2 Å². The van der Waals surface area contributed by atoms with Crippen molar-refractivity contribution in [2.75, 3.05) is 12.0 Å². The molecule has 1 aliphatic heterocycles. The van der Waals surface area contributed by atoms with E-state index in [1.165, 1.54) is 12.0 Å². The van der Waals surface area contributed by atoms with Gasteiger partial charge in [0, 0.05) is 12.1 Å². The Kier molecular flexibility index (Phi) is 3.90. The molecule has 0 saturated carbocycles. The van der Waals surface area contributed by atoms with Crippen LogP contribution < -0.4 is 4.90 Å². The van der Waals surface area contributed by atoms with Gasteiger partial charge in [-0.3, -0.25) is 9.69 Å². The lowest BCUT2D eigenvalue weighted by Gasteiger charge is -2.23. The first kappa shape index (κ1) is 15.3. The molecule has 23 heavy (non-hydrogen) atoms. The van der Waals surface area contributed by atoms with E-state index >= 15 is 0 Å². The molecule has 1 aromatic heterocycles. The predicted molar refractivity (Wildman–Crippen MR) is 83.4 cm³/mol. The number of esters is 1. The first-order valence-electron chi connectivity index (χ1n) is 7.52. The zero-order valence-electron chi connectivity index (χ0n) is 13.3. The predicted octanol–water partition coefficient (Wildman–Crippen LogP) is 2.29. The maximum absolute atomic E-state index is 13.1. The van der Waals surface area contributed by atoms with E-state index in [-0.39, 0.29) is 5.91 Å². The van der Waals surface area contributed by atoms with Gasteiger partial charge in [0.05, 0.1) is 12.8 Å². The van der Waals surface area contributed by atoms with Gasteiger partial charge in [0.1, 0.15) is 17.4 Å². The molecule has 0 N–H and O–H groups in total. The van der Waals surface area contributed by atoms with Crippen LogP contribution in [0.5, 0.6) is 0 Å². The fraction of sp³-hybridized carbons (Fsp3) is 0.353. The normalized spacial score (nSPS) is 16.3. The van der Waals surface area contributed by atoms with Crippen LogP contribution in [0.25, 0.3) is 0 Å². The largest absolute Gasteiger partial charge is 0.467 e. The number of rotatable bonds is 3. The molecule has 0 aliphatic carbocycles. The summed E-state index contributed by atoms with van der Waals surface area (Å²) >= 11 is 0. The van der Waals surface area contributed by atoms with Crippen LogP contribution >= 0.6 is 0 Å². The van der Waals surface area contributed by atoms with Gasteiger partial charge in [0.15, 0.2) is 0 Å². The lowest BCUT2D eigenvalue weighted by molar-refractivity contribution is -0.141. The Labute approximate surface area is 134 Å². The fourth-order valence-corrected chi connectivity index (χ4v) is 3.02. The zero-order chi connectivity index (χ0) is 16.6. The van der Waals surface area contributed by atoms with Crippen LogP contribution in [0.3, 0.4) is 0 Å². The molecule has 0 saturated heterocycles. The molecule has 1 atom stereocenters. The highest BCUT2D eigenvalue weighted by Crippen LogP contribution is 2.34. The van der Waals surface area contributed by atoms with Gasteiger partial charge in [-0.1, -0.05) is 30.3 Å². The molecule has 1 unspecified atom stereocenters. The molecule has 1 amide bonds. The summed E-state index contributed by atoms with van der Waals surface area (Å²) in [6, 6.07) is 6.83. The maximum atomic E-state index is 13.1. The summed E-state index contributed by atoms with van der Waals surface area (Å²) in [4.78, 5) is 26.8. The number of aromatic nitrogens is 1. The van der Waals surface area contributed by atoms with Crippen LogP contribution in [0.1, 0.15) is 34.3 Å². The lowest BCUT2D eigenvalue weighted by Crippen LogP contribution is -2.43. The summed E-state index contributed by atoms with van der Waals surface area (Å²) < 4.78 is 10.0. The minimum Gasteiger partial charge on any atom is -0.467 e. The third kappa shape index (κ3) is 2.40. The van der Waals surface area contributed by atoms with Gasteiger partial charge in [0.2, 0.25) is 0 Å². The number of anilines is 1. The van der Waals surface area contributed by atoms with Gasteiger partial charge in [-0.15, -0.1) is 0 Å². The smallest absolute Gasteiger partial charge is 0.329 e. The first-order valence-corrected chi connectivity index (χ1v) is 7.52. The number of ether oxygens (including phenoxy) is 1. The van der Waals surface area contributed by atoms with Gasteiger partial charge in [-0.2, -0.15) is 0 Å². The van der Waals surface area contributed by atoms with Crippen molar-refractivity contribution in [3.63, 3.8) is 0 Å². The van der Waals surface area contributed by atoms with Crippen molar-refractivity contribution < 1.29 is 18.8 Å². The maximum Gasteiger partial charge on any atom is 0.329 e. The molecular formula is C17H18N2O4. The number of hydrogen-bond donors (Lipinski definition) is 0. The third-order valence-electron chi connectivity index (χ3n) is 4.15. The van der Waals surface area contributed by atoms with Crippen molar-refractivity contribution in [3.8, 4) is 0 Å². The highest BCUT2D eigenvalue weighted by atomic mass is 16.5. The van der Waals surface area contributed by atoms with Crippen LogP contribution in [0.4, 0.5) is 5.69 Å². The molecule has 120 valence electrons. The molecule has 1 aromatic carbocycles. The number of carbonyl (C=O) groups is 2. The quantitative estimate of drug-likeness (QED) is 0.813. The first-order chi connectivity index (χ1) is 11.1. The van der Waals surface area contributed by atoms with E-state index in [0.717, 1.165) is 11.3 Å². The fourth-order valence-electron chi connectivity index (χ4n) is 3.02. The summed E-state index contributed by atoms with van der Waals surface area (Å²) in [5.74, 6) is -0.248. The minimum absolute atomic E-state index is 0.277. The second-order valence-corrected chi connectivity index (χ2v) is 5.46. The molecule has 1 aliphatic rings. The van der Waals surface area contributed by atoms with Crippen molar-refractivity contribution in [2.45, 2.75) is 32.7 Å². The molecule has 6 nitrogen and oxygen atoms in total. The van der Waals surface area contributed by atoms with E-state index in [4.69, 9.17) is 9.26 Å².